The Labute approximate surface area is 155 Å². The molecular formula is C19H19FN2O5. The van der Waals surface area contributed by atoms with Gasteiger partial charge in [-0.1, -0.05) is 12.1 Å². The summed E-state index contributed by atoms with van der Waals surface area (Å²) in [5.74, 6) is -2.80. The van der Waals surface area contributed by atoms with Crippen molar-refractivity contribution in [3.8, 4) is 11.8 Å². The number of carboxylic acid groups (broad SMARTS) is 1. The molecule has 1 aliphatic heterocycles. The average Bonchev–Trinajstić information content (AvgIpc) is 3.12. The van der Waals surface area contributed by atoms with Crippen LogP contribution in [0.4, 0.5) is 4.39 Å². The number of hydrogen-bond donors (Lipinski definition) is 1. The van der Waals surface area contributed by atoms with Crippen molar-refractivity contribution < 1.29 is 28.6 Å². The fourth-order valence-corrected chi connectivity index (χ4v) is 3.32. The minimum Gasteiger partial charge on any atom is -0.481 e. The predicted molar refractivity (Wildman–Crippen MR) is 93.5 cm³/mol. The molecule has 0 bridgehead atoms. The zero-order valence-electron chi connectivity index (χ0n) is 14.9. The molecule has 1 saturated heterocycles. The van der Waals surface area contributed by atoms with E-state index in [0.717, 1.165) is 0 Å². The van der Waals surface area contributed by atoms with E-state index in [4.69, 9.17) is 9.47 Å². The largest absolute Gasteiger partial charge is 0.481 e. The van der Waals surface area contributed by atoms with E-state index in [1.165, 1.54) is 49.5 Å². The summed E-state index contributed by atoms with van der Waals surface area (Å²) in [6.45, 7) is 0.180. The van der Waals surface area contributed by atoms with Crippen molar-refractivity contribution in [3.63, 3.8) is 0 Å². The van der Waals surface area contributed by atoms with Crippen LogP contribution in [0.3, 0.4) is 0 Å². The topological polar surface area (TPSA) is 89.0 Å². The van der Waals surface area contributed by atoms with E-state index in [1.54, 1.807) is 6.07 Å². The maximum atomic E-state index is 13.6. The van der Waals surface area contributed by atoms with Gasteiger partial charge in [-0.2, -0.15) is 4.98 Å². The molecule has 1 aromatic heterocycles. The number of nitrogens with zero attached hydrogens (tertiary/aromatic N) is 2. The third-order valence-corrected chi connectivity index (χ3v) is 4.67. The number of aromatic nitrogens is 1. The van der Waals surface area contributed by atoms with Crippen LogP contribution in [0.25, 0.3) is 0 Å². The second-order valence-corrected chi connectivity index (χ2v) is 6.23. The number of ether oxygens (including phenoxy) is 2. The number of likely N-dealkylation sites (tertiary alicyclic amines) is 1. The summed E-state index contributed by atoms with van der Waals surface area (Å²) in [4.78, 5) is 30.2. The highest BCUT2D eigenvalue weighted by atomic mass is 19.1. The van der Waals surface area contributed by atoms with Gasteiger partial charge in [0.1, 0.15) is 11.4 Å². The van der Waals surface area contributed by atoms with E-state index in [-0.39, 0.29) is 24.5 Å². The molecule has 0 unspecified atom stereocenters. The Morgan fingerprint density at radius 1 is 1.19 bits per heavy atom. The van der Waals surface area contributed by atoms with Gasteiger partial charge >= 0.3 is 5.97 Å². The Balaban J connectivity index is 1.90. The first-order valence-electron chi connectivity index (χ1n) is 8.31. The van der Waals surface area contributed by atoms with Gasteiger partial charge in [0.2, 0.25) is 11.8 Å². The summed E-state index contributed by atoms with van der Waals surface area (Å²) in [7, 11) is 2.84. The van der Waals surface area contributed by atoms with Crippen molar-refractivity contribution in [1.82, 2.24) is 9.88 Å². The van der Waals surface area contributed by atoms with Gasteiger partial charge in [-0.3, -0.25) is 9.59 Å². The molecule has 2 aromatic rings. The SMILES string of the molecule is COc1ccc(C(=O)N2C[C@H](C(=O)O)[C@@H](c3cccc(F)c3)C2)c(OC)n1. The second kappa shape index (κ2) is 7.61. The average molecular weight is 374 g/mol. The van der Waals surface area contributed by atoms with Crippen LogP contribution in [0.1, 0.15) is 21.8 Å². The third-order valence-electron chi connectivity index (χ3n) is 4.67. The van der Waals surface area contributed by atoms with Crippen LogP contribution in [0.15, 0.2) is 36.4 Å². The van der Waals surface area contributed by atoms with E-state index in [0.29, 0.717) is 11.4 Å². The molecule has 0 spiro atoms. The fourth-order valence-electron chi connectivity index (χ4n) is 3.32. The molecule has 8 heteroatoms. The second-order valence-electron chi connectivity index (χ2n) is 6.23. The standard InChI is InChI=1S/C19H19FN2O5/c1-26-16-7-6-13(17(21-16)27-2)18(23)22-9-14(15(10-22)19(24)25)11-4-3-5-12(20)8-11/h3-8,14-15H,9-10H2,1-2H3,(H,24,25)/t14-,15+/m1/s1. The Bertz CT molecular complexity index is 873. The van der Waals surface area contributed by atoms with Crippen molar-refractivity contribution in [2.75, 3.05) is 27.3 Å². The van der Waals surface area contributed by atoms with Crippen LogP contribution in [-0.4, -0.2) is 54.2 Å². The van der Waals surface area contributed by atoms with Crippen molar-refractivity contribution in [2.45, 2.75) is 5.92 Å². The minimum atomic E-state index is -1.03. The van der Waals surface area contributed by atoms with Crippen LogP contribution >= 0.6 is 0 Å². The van der Waals surface area contributed by atoms with E-state index in [1.807, 2.05) is 0 Å². The van der Waals surface area contributed by atoms with Crippen LogP contribution in [0.2, 0.25) is 0 Å². The Morgan fingerprint density at radius 3 is 2.59 bits per heavy atom. The van der Waals surface area contributed by atoms with Gasteiger partial charge in [-0.25, -0.2) is 4.39 Å². The number of benzene rings is 1. The highest BCUT2D eigenvalue weighted by Crippen LogP contribution is 2.35. The molecule has 3 rings (SSSR count). The van der Waals surface area contributed by atoms with Crippen molar-refractivity contribution in [3.05, 3.63) is 53.3 Å². The van der Waals surface area contributed by atoms with Crippen LogP contribution in [0, 0.1) is 11.7 Å². The molecule has 0 saturated carbocycles. The van der Waals surface area contributed by atoms with Crippen molar-refractivity contribution in [1.29, 1.82) is 0 Å². The first-order valence-corrected chi connectivity index (χ1v) is 8.31. The zero-order valence-corrected chi connectivity index (χ0v) is 14.9. The van der Waals surface area contributed by atoms with Crippen molar-refractivity contribution >= 4 is 11.9 Å². The fraction of sp³-hybridized carbons (Fsp3) is 0.316. The number of hydrogen-bond acceptors (Lipinski definition) is 5. The summed E-state index contributed by atoms with van der Waals surface area (Å²) in [6.07, 6.45) is 0. The molecule has 142 valence electrons. The van der Waals surface area contributed by atoms with Gasteiger partial charge in [0.15, 0.2) is 0 Å². The molecule has 0 aliphatic carbocycles. The smallest absolute Gasteiger partial charge is 0.308 e. The van der Waals surface area contributed by atoms with Crippen LogP contribution < -0.4 is 9.47 Å². The van der Waals surface area contributed by atoms with E-state index in [2.05, 4.69) is 4.98 Å². The lowest BCUT2D eigenvalue weighted by Gasteiger charge is -2.18. The molecule has 1 fully saturated rings. The van der Waals surface area contributed by atoms with Gasteiger partial charge in [-0.15, -0.1) is 0 Å². The normalized spacial score (nSPS) is 19.0. The maximum Gasteiger partial charge on any atom is 0.308 e. The Kier molecular flexibility index (Phi) is 5.25. The van der Waals surface area contributed by atoms with E-state index < -0.39 is 29.5 Å². The quantitative estimate of drug-likeness (QED) is 0.863. The minimum absolute atomic E-state index is 0.0184. The summed E-state index contributed by atoms with van der Waals surface area (Å²) in [6, 6.07) is 8.87. The monoisotopic (exact) mass is 374 g/mol. The summed E-state index contributed by atoms with van der Waals surface area (Å²) >= 11 is 0. The summed E-state index contributed by atoms with van der Waals surface area (Å²) in [5.41, 5.74) is 0.764. The molecule has 1 aliphatic rings. The van der Waals surface area contributed by atoms with E-state index >= 15 is 0 Å². The number of halogens is 1. The lowest BCUT2D eigenvalue weighted by atomic mass is 9.89. The lowest BCUT2D eigenvalue weighted by Crippen LogP contribution is -2.30. The number of rotatable bonds is 5. The maximum absolute atomic E-state index is 13.6. The predicted octanol–water partition coefficient (Wildman–Crippen LogP) is 2.18. The first-order chi connectivity index (χ1) is 12.9. The molecule has 7 nitrogen and oxygen atoms in total. The molecule has 2 atom stereocenters. The zero-order chi connectivity index (χ0) is 19.6. The third kappa shape index (κ3) is 3.69. The van der Waals surface area contributed by atoms with Gasteiger partial charge in [0.25, 0.3) is 5.91 Å². The highest BCUT2D eigenvalue weighted by molar-refractivity contribution is 5.97. The van der Waals surface area contributed by atoms with Crippen LogP contribution in [0.5, 0.6) is 11.8 Å². The van der Waals surface area contributed by atoms with Crippen molar-refractivity contribution in [2.24, 2.45) is 5.92 Å². The van der Waals surface area contributed by atoms with Gasteiger partial charge < -0.3 is 19.5 Å². The van der Waals surface area contributed by atoms with E-state index in [9.17, 15) is 19.1 Å². The number of pyridine rings is 1. The number of amides is 1. The van der Waals surface area contributed by atoms with Gasteiger partial charge in [0.05, 0.1) is 20.1 Å². The molecule has 1 N–H and O–H groups in total. The van der Waals surface area contributed by atoms with Gasteiger partial charge in [-0.05, 0) is 23.8 Å². The molecule has 0 radical (unpaired) electrons. The number of carbonyl (C=O) groups is 2. The number of aliphatic carboxylic acids is 1. The van der Waals surface area contributed by atoms with Crippen LogP contribution in [-0.2, 0) is 4.79 Å². The summed E-state index contributed by atoms with van der Waals surface area (Å²) < 4.78 is 23.8. The highest BCUT2D eigenvalue weighted by Gasteiger charge is 2.41. The molecular weight excluding hydrogens is 355 g/mol. The molecule has 2 heterocycles. The molecule has 1 amide bonds. The first kappa shape index (κ1) is 18.6. The Hall–Kier alpha value is -3.16. The lowest BCUT2D eigenvalue weighted by molar-refractivity contribution is -0.141. The number of carbonyl (C=O) groups excluding carboxylic acids is 1. The van der Waals surface area contributed by atoms with Gasteiger partial charge in [0, 0.05) is 25.1 Å². The number of carboxylic acids is 1. The number of methoxy groups -OCH3 is 2. The summed E-state index contributed by atoms with van der Waals surface area (Å²) in [5, 5.41) is 9.57. The Morgan fingerprint density at radius 2 is 1.96 bits per heavy atom. The molecule has 27 heavy (non-hydrogen) atoms. The molecule has 1 aromatic carbocycles.